The Hall–Kier alpha value is -0.600. The van der Waals surface area contributed by atoms with Crippen molar-refractivity contribution < 1.29 is 0 Å². The fourth-order valence-electron chi connectivity index (χ4n) is 2.35. The maximum absolute atomic E-state index is 3.66. The van der Waals surface area contributed by atoms with Gasteiger partial charge in [-0.05, 0) is 48.9 Å². The summed E-state index contributed by atoms with van der Waals surface area (Å²) in [5.41, 5.74) is 4.17. The summed E-state index contributed by atoms with van der Waals surface area (Å²) in [7, 11) is 0. The molecule has 2 heteroatoms. The van der Waals surface area contributed by atoms with Crippen LogP contribution in [0.3, 0.4) is 0 Å². The van der Waals surface area contributed by atoms with Gasteiger partial charge in [-0.3, -0.25) is 0 Å². The van der Waals surface area contributed by atoms with E-state index in [0.717, 1.165) is 22.6 Å². The summed E-state index contributed by atoms with van der Waals surface area (Å²) in [5.74, 6) is 0.635. The van der Waals surface area contributed by atoms with E-state index in [1.807, 2.05) is 0 Å². The average Bonchev–Trinajstić information content (AvgIpc) is 2.38. The van der Waals surface area contributed by atoms with Crippen LogP contribution in [-0.4, -0.2) is 5.33 Å². The number of aryl methyl sites for hydroxylation is 1. The first-order chi connectivity index (χ1) is 9.17. The summed E-state index contributed by atoms with van der Waals surface area (Å²) in [5, 5.41) is 1.04. The molecule has 0 aliphatic rings. The largest absolute Gasteiger partial charge is 0.0925 e. The van der Waals surface area contributed by atoms with Gasteiger partial charge in [-0.1, -0.05) is 73.8 Å². The normalized spacial score (nSPS) is 12.4. The summed E-state index contributed by atoms with van der Waals surface area (Å²) in [6.07, 6.45) is 2.23. The molecule has 0 saturated carbocycles. The van der Waals surface area contributed by atoms with Crippen molar-refractivity contribution in [3.8, 4) is 0 Å². The Kier molecular flexibility index (Phi) is 5.65. The van der Waals surface area contributed by atoms with E-state index in [1.54, 1.807) is 0 Å². The first kappa shape index (κ1) is 14.8. The Labute approximate surface area is 132 Å². The van der Waals surface area contributed by atoms with Crippen molar-refractivity contribution in [2.24, 2.45) is 5.92 Å². The van der Waals surface area contributed by atoms with Crippen LogP contribution in [-0.2, 0) is 12.8 Å². The molecule has 0 spiro atoms. The molecule has 1 unspecified atom stereocenters. The lowest BCUT2D eigenvalue weighted by molar-refractivity contribution is 0.591. The van der Waals surface area contributed by atoms with E-state index >= 15 is 0 Å². The van der Waals surface area contributed by atoms with E-state index in [9.17, 15) is 0 Å². The second kappa shape index (κ2) is 7.25. The predicted molar refractivity (Wildman–Crippen MR) is 90.0 cm³/mol. The van der Waals surface area contributed by atoms with Gasteiger partial charge >= 0.3 is 0 Å². The number of benzene rings is 2. The quantitative estimate of drug-likeness (QED) is 0.595. The zero-order valence-electron chi connectivity index (χ0n) is 11.1. The second-order valence-corrected chi connectivity index (χ2v) is 6.61. The first-order valence-electron chi connectivity index (χ1n) is 6.53. The van der Waals surface area contributed by atoms with Crippen molar-refractivity contribution in [2.75, 3.05) is 5.33 Å². The molecule has 0 heterocycles. The Balaban J connectivity index is 2.04. The molecule has 2 aromatic carbocycles. The maximum atomic E-state index is 3.66. The second-order valence-electron chi connectivity index (χ2n) is 5.05. The van der Waals surface area contributed by atoms with E-state index in [1.165, 1.54) is 16.7 Å². The third kappa shape index (κ3) is 4.77. The molecule has 0 amide bonds. The van der Waals surface area contributed by atoms with Gasteiger partial charge in [0.1, 0.15) is 0 Å². The minimum absolute atomic E-state index is 0.635. The molecule has 1 atom stereocenters. The molecule has 0 aliphatic heterocycles. The van der Waals surface area contributed by atoms with Crippen LogP contribution in [0.15, 0.2) is 53.0 Å². The van der Waals surface area contributed by atoms with Crippen LogP contribution in [0, 0.1) is 12.8 Å². The highest BCUT2D eigenvalue weighted by Crippen LogP contribution is 2.20. The van der Waals surface area contributed by atoms with E-state index in [2.05, 4.69) is 87.3 Å². The number of hydrogen-bond acceptors (Lipinski definition) is 0. The van der Waals surface area contributed by atoms with Crippen molar-refractivity contribution in [2.45, 2.75) is 19.8 Å². The number of alkyl halides is 1. The van der Waals surface area contributed by atoms with Gasteiger partial charge in [0, 0.05) is 9.80 Å². The Morgan fingerprint density at radius 1 is 0.947 bits per heavy atom. The van der Waals surface area contributed by atoms with Crippen LogP contribution in [0.5, 0.6) is 0 Å². The number of rotatable bonds is 5. The fourth-order valence-corrected chi connectivity index (χ4v) is 3.26. The van der Waals surface area contributed by atoms with Gasteiger partial charge in [-0.15, -0.1) is 0 Å². The number of hydrogen-bond donors (Lipinski definition) is 0. The fraction of sp³-hybridized carbons (Fsp3) is 0.294. The lowest BCUT2D eigenvalue weighted by Gasteiger charge is -2.15. The molecule has 0 saturated heterocycles. The SMILES string of the molecule is Cc1cccc(CC(CBr)Cc2cccc(Br)c2)c1. The summed E-state index contributed by atoms with van der Waals surface area (Å²) in [6.45, 7) is 2.15. The topological polar surface area (TPSA) is 0 Å². The van der Waals surface area contributed by atoms with Gasteiger partial charge < -0.3 is 0 Å². The third-order valence-electron chi connectivity index (χ3n) is 3.24. The van der Waals surface area contributed by atoms with Crippen molar-refractivity contribution >= 4 is 31.9 Å². The lowest BCUT2D eigenvalue weighted by atomic mass is 9.94. The van der Waals surface area contributed by atoms with E-state index in [-0.39, 0.29) is 0 Å². The van der Waals surface area contributed by atoms with Gasteiger partial charge in [0.15, 0.2) is 0 Å². The Bertz CT molecular complexity index is 487. The van der Waals surface area contributed by atoms with Crippen LogP contribution in [0.2, 0.25) is 0 Å². The Morgan fingerprint density at radius 3 is 2.16 bits per heavy atom. The summed E-state index contributed by atoms with van der Waals surface area (Å²) < 4.78 is 1.16. The van der Waals surface area contributed by atoms with Crippen LogP contribution < -0.4 is 0 Å². The highest BCUT2D eigenvalue weighted by molar-refractivity contribution is 9.10. The smallest absolute Gasteiger partial charge is 0.0177 e. The molecule has 0 N–H and O–H groups in total. The minimum atomic E-state index is 0.635. The van der Waals surface area contributed by atoms with Crippen molar-refractivity contribution in [1.29, 1.82) is 0 Å². The van der Waals surface area contributed by atoms with E-state index in [4.69, 9.17) is 0 Å². The van der Waals surface area contributed by atoms with Crippen molar-refractivity contribution in [3.63, 3.8) is 0 Å². The standard InChI is InChI=1S/C17H18Br2/c1-13-4-2-5-14(8-13)9-16(12-18)10-15-6-3-7-17(19)11-15/h2-8,11,16H,9-10,12H2,1H3. The first-order valence-corrected chi connectivity index (χ1v) is 8.45. The van der Waals surface area contributed by atoms with Crippen LogP contribution in [0.25, 0.3) is 0 Å². The monoisotopic (exact) mass is 380 g/mol. The highest BCUT2D eigenvalue weighted by Gasteiger charge is 2.10. The average molecular weight is 382 g/mol. The molecule has 19 heavy (non-hydrogen) atoms. The zero-order valence-corrected chi connectivity index (χ0v) is 14.2. The molecule has 0 aliphatic carbocycles. The number of halogens is 2. The molecule has 0 nitrogen and oxygen atoms in total. The zero-order chi connectivity index (χ0) is 13.7. The van der Waals surface area contributed by atoms with Crippen LogP contribution >= 0.6 is 31.9 Å². The van der Waals surface area contributed by atoms with Crippen LogP contribution in [0.4, 0.5) is 0 Å². The van der Waals surface area contributed by atoms with Crippen molar-refractivity contribution in [3.05, 3.63) is 69.7 Å². The molecule has 2 rings (SSSR count). The maximum Gasteiger partial charge on any atom is 0.0177 e. The summed E-state index contributed by atoms with van der Waals surface area (Å²) >= 11 is 7.19. The molecule has 0 radical (unpaired) electrons. The van der Waals surface area contributed by atoms with E-state index in [0.29, 0.717) is 5.92 Å². The molecule has 0 fully saturated rings. The van der Waals surface area contributed by atoms with Crippen LogP contribution in [0.1, 0.15) is 16.7 Å². The van der Waals surface area contributed by atoms with Gasteiger partial charge in [-0.2, -0.15) is 0 Å². The molecule has 0 aromatic heterocycles. The molecule has 0 bridgehead atoms. The lowest BCUT2D eigenvalue weighted by Crippen LogP contribution is -2.10. The van der Waals surface area contributed by atoms with Gasteiger partial charge in [0.2, 0.25) is 0 Å². The van der Waals surface area contributed by atoms with Crippen molar-refractivity contribution in [1.82, 2.24) is 0 Å². The van der Waals surface area contributed by atoms with Gasteiger partial charge in [0.05, 0.1) is 0 Å². The minimum Gasteiger partial charge on any atom is -0.0925 e. The highest BCUT2D eigenvalue weighted by atomic mass is 79.9. The van der Waals surface area contributed by atoms with Gasteiger partial charge in [-0.25, -0.2) is 0 Å². The predicted octanol–water partition coefficient (Wildman–Crippen LogP) is 5.55. The third-order valence-corrected chi connectivity index (χ3v) is 4.65. The summed E-state index contributed by atoms with van der Waals surface area (Å²) in [4.78, 5) is 0. The van der Waals surface area contributed by atoms with Gasteiger partial charge in [0.25, 0.3) is 0 Å². The summed E-state index contributed by atoms with van der Waals surface area (Å²) in [6, 6.07) is 17.4. The molecule has 100 valence electrons. The molecule has 2 aromatic rings. The molecular formula is C17H18Br2. The Morgan fingerprint density at radius 2 is 1.58 bits per heavy atom. The molecular weight excluding hydrogens is 364 g/mol. The van der Waals surface area contributed by atoms with E-state index < -0.39 is 0 Å².